The average molecular weight is 360 g/mol. The Bertz CT molecular complexity index is 226. The average Bonchev–Trinajstić information content (AvgIpc) is 2.38. The zero-order chi connectivity index (χ0) is 16.0. The van der Waals surface area contributed by atoms with Crippen LogP contribution in [0.1, 0.15) is 79.1 Å². The minimum absolute atomic E-state index is 0. The van der Waals surface area contributed by atoms with E-state index in [9.17, 15) is 9.59 Å². The van der Waals surface area contributed by atoms with Gasteiger partial charge in [-0.25, -0.2) is 0 Å². The van der Waals surface area contributed by atoms with Crippen LogP contribution in [0, 0.1) is 11.8 Å². The van der Waals surface area contributed by atoms with Gasteiger partial charge in [-0.3, -0.25) is 9.59 Å². The number of hydrogen-bond donors (Lipinski definition) is 2. The monoisotopic (exact) mass is 360 g/mol. The molecule has 0 unspecified atom stereocenters. The fourth-order valence-corrected chi connectivity index (χ4v) is 2.18. The van der Waals surface area contributed by atoms with Crippen molar-refractivity contribution >= 4 is 101 Å². The molecule has 0 aromatic carbocycles. The molecule has 126 valence electrons. The zero-order valence-corrected chi connectivity index (χ0v) is 13.5. The first-order valence-corrected chi connectivity index (χ1v) is 7.89. The predicted molar refractivity (Wildman–Crippen MR) is 103 cm³/mol. The molecule has 0 rings (SSSR count). The Kier molecular flexibility index (Phi) is 40.9. The number of carboxylic acid groups (broad SMARTS) is 2. The number of hydrogen-bond acceptors (Lipinski definition) is 2. The van der Waals surface area contributed by atoms with Crippen molar-refractivity contribution in [1.29, 1.82) is 0 Å². The quantitative estimate of drug-likeness (QED) is 0.588. The zero-order valence-electron chi connectivity index (χ0n) is 13.5. The van der Waals surface area contributed by atoms with E-state index in [0.717, 1.165) is 51.4 Å². The Morgan fingerprint density at radius 1 is 0.609 bits per heavy atom. The molecule has 0 aliphatic carbocycles. The fraction of sp³-hybridized carbons (Fsp3) is 0.875. The molecule has 0 aromatic rings. The van der Waals surface area contributed by atoms with Gasteiger partial charge in [0.1, 0.15) is 0 Å². The van der Waals surface area contributed by atoms with Gasteiger partial charge in [0.25, 0.3) is 0 Å². The molecule has 7 heteroatoms. The van der Waals surface area contributed by atoms with Crippen LogP contribution in [0.15, 0.2) is 0 Å². The van der Waals surface area contributed by atoms with Gasteiger partial charge in [-0.1, -0.05) is 53.4 Å². The van der Waals surface area contributed by atoms with E-state index in [1.165, 1.54) is 0 Å². The van der Waals surface area contributed by atoms with Crippen molar-refractivity contribution in [2.45, 2.75) is 79.1 Å². The standard InChI is InChI=1S/2C8H16O2.3Na.3H/c2*1-3-5-7(6-4-2)8(9)10;;;;;;/h2*7H,3-6H2,1-2H3,(H,9,10);;;;;;. The molecule has 0 saturated carbocycles. The van der Waals surface area contributed by atoms with Crippen LogP contribution in [0.3, 0.4) is 0 Å². The molecule has 0 bridgehead atoms. The Morgan fingerprint density at radius 2 is 0.783 bits per heavy atom. The summed E-state index contributed by atoms with van der Waals surface area (Å²) in [5.41, 5.74) is 0. The summed E-state index contributed by atoms with van der Waals surface area (Å²) in [6, 6.07) is 0. The van der Waals surface area contributed by atoms with Gasteiger partial charge in [0, 0.05) is 0 Å². The van der Waals surface area contributed by atoms with Crippen LogP contribution in [0.5, 0.6) is 0 Å². The van der Waals surface area contributed by atoms with Crippen molar-refractivity contribution in [2.24, 2.45) is 11.8 Å². The summed E-state index contributed by atoms with van der Waals surface area (Å²) in [4.78, 5) is 21.0. The maximum atomic E-state index is 10.5. The summed E-state index contributed by atoms with van der Waals surface area (Å²) in [5.74, 6) is -1.47. The third kappa shape index (κ3) is 23.9. The molecule has 0 aliphatic rings. The van der Waals surface area contributed by atoms with Gasteiger partial charge in [0.05, 0.1) is 11.8 Å². The van der Waals surface area contributed by atoms with Crippen LogP contribution < -0.4 is 0 Å². The minimum atomic E-state index is -0.635. The third-order valence-corrected chi connectivity index (χ3v) is 3.25. The SMILES string of the molecule is CCCC(CCC)C(=O)O.CCCC(CCC)C(=O)O.[NaH].[NaH].[NaH]. The van der Waals surface area contributed by atoms with Crippen molar-refractivity contribution in [2.75, 3.05) is 0 Å². The van der Waals surface area contributed by atoms with E-state index < -0.39 is 11.9 Å². The van der Waals surface area contributed by atoms with Gasteiger partial charge in [-0.15, -0.1) is 0 Å². The summed E-state index contributed by atoms with van der Waals surface area (Å²) >= 11 is 0. The second-order valence-electron chi connectivity index (χ2n) is 5.23. The molecule has 0 aromatic heterocycles. The van der Waals surface area contributed by atoms with E-state index in [2.05, 4.69) is 0 Å². The number of aliphatic carboxylic acids is 2. The molecule has 0 amide bonds. The van der Waals surface area contributed by atoms with E-state index in [4.69, 9.17) is 10.2 Å². The van der Waals surface area contributed by atoms with Crippen LogP contribution in [-0.4, -0.2) is 111 Å². The van der Waals surface area contributed by atoms with Gasteiger partial charge in [-0.2, -0.15) is 0 Å². The topological polar surface area (TPSA) is 74.6 Å². The van der Waals surface area contributed by atoms with Crippen LogP contribution in [0.25, 0.3) is 0 Å². The number of carboxylic acids is 2. The van der Waals surface area contributed by atoms with Crippen molar-refractivity contribution in [3.63, 3.8) is 0 Å². The van der Waals surface area contributed by atoms with E-state index in [1.807, 2.05) is 27.7 Å². The molecular formula is C16H35Na3O4. The molecule has 0 radical (unpaired) electrons. The summed E-state index contributed by atoms with van der Waals surface area (Å²) in [7, 11) is 0. The van der Waals surface area contributed by atoms with Gasteiger partial charge >= 0.3 is 101 Å². The van der Waals surface area contributed by atoms with Crippen molar-refractivity contribution < 1.29 is 19.8 Å². The molecule has 2 N–H and O–H groups in total. The molecular weight excluding hydrogens is 325 g/mol. The predicted octanol–water partition coefficient (Wildman–Crippen LogP) is 2.63. The van der Waals surface area contributed by atoms with Crippen LogP contribution in [-0.2, 0) is 9.59 Å². The fourth-order valence-electron chi connectivity index (χ4n) is 2.18. The summed E-state index contributed by atoms with van der Waals surface area (Å²) < 4.78 is 0. The van der Waals surface area contributed by atoms with Gasteiger partial charge < -0.3 is 10.2 Å². The second kappa shape index (κ2) is 26.2. The Balaban J connectivity index is -0.0000000831. The molecule has 0 atom stereocenters. The molecule has 0 heterocycles. The molecule has 0 saturated heterocycles. The van der Waals surface area contributed by atoms with Crippen molar-refractivity contribution in [3.05, 3.63) is 0 Å². The normalized spacial score (nSPS) is 8.96. The third-order valence-electron chi connectivity index (χ3n) is 3.25. The van der Waals surface area contributed by atoms with Crippen LogP contribution in [0.2, 0.25) is 0 Å². The van der Waals surface area contributed by atoms with Gasteiger partial charge in [0.2, 0.25) is 0 Å². The summed E-state index contributed by atoms with van der Waals surface area (Å²) in [6.07, 6.45) is 7.17. The molecule has 0 aliphatic heterocycles. The molecule has 0 fully saturated rings. The van der Waals surface area contributed by atoms with Crippen LogP contribution >= 0.6 is 0 Å². The first-order chi connectivity index (χ1) is 9.44. The van der Waals surface area contributed by atoms with Crippen LogP contribution in [0.4, 0.5) is 0 Å². The Morgan fingerprint density at radius 3 is 0.870 bits per heavy atom. The van der Waals surface area contributed by atoms with E-state index in [0.29, 0.717) is 0 Å². The number of rotatable bonds is 10. The van der Waals surface area contributed by atoms with E-state index in [1.54, 1.807) is 0 Å². The Labute approximate surface area is 208 Å². The van der Waals surface area contributed by atoms with Gasteiger partial charge in [0.15, 0.2) is 0 Å². The molecule has 0 spiro atoms. The Hall–Kier alpha value is 1.94. The van der Waals surface area contributed by atoms with E-state index in [-0.39, 0.29) is 101 Å². The summed E-state index contributed by atoms with van der Waals surface area (Å²) in [6.45, 7) is 8.08. The van der Waals surface area contributed by atoms with Crippen molar-refractivity contribution in [1.82, 2.24) is 0 Å². The van der Waals surface area contributed by atoms with Crippen molar-refractivity contribution in [3.8, 4) is 0 Å². The maximum absolute atomic E-state index is 10.5. The van der Waals surface area contributed by atoms with E-state index >= 15 is 0 Å². The number of carbonyl (C=O) groups is 2. The molecule has 23 heavy (non-hydrogen) atoms. The van der Waals surface area contributed by atoms with Gasteiger partial charge in [-0.05, 0) is 25.7 Å². The second-order valence-corrected chi connectivity index (χ2v) is 5.23. The first kappa shape index (κ1) is 35.9. The summed E-state index contributed by atoms with van der Waals surface area (Å²) in [5, 5.41) is 17.3. The first-order valence-electron chi connectivity index (χ1n) is 7.89. The molecule has 4 nitrogen and oxygen atoms in total.